The smallest absolute Gasteiger partial charge is 0.260 e. The molecule has 0 unspecified atom stereocenters. The number of fused-ring (bicyclic) bond motifs is 1. The zero-order valence-electron chi connectivity index (χ0n) is 16.1. The maximum Gasteiger partial charge on any atom is 0.260 e. The Morgan fingerprint density at radius 2 is 1.89 bits per heavy atom. The Kier molecular flexibility index (Phi) is 6.42. The van der Waals surface area contributed by atoms with E-state index in [1.165, 1.54) is 4.90 Å². The standard InChI is InChI=1S/C21H25N3O2S/c1-4-23(5-2)13-14-24(20(25)16-9-7-6-8-10-16)21-22-18-15-17(26-3)11-12-19(18)27-21/h6-12,15H,4-5,13-14H2,1-3H3/p+1. The second-order valence-corrected chi connectivity index (χ2v) is 7.37. The quantitative estimate of drug-likeness (QED) is 0.650. The van der Waals surface area contributed by atoms with E-state index in [1.807, 2.05) is 53.4 Å². The number of carbonyl (C=O) groups excluding carboxylic acids is 1. The number of quaternary nitrogens is 1. The van der Waals surface area contributed by atoms with E-state index in [9.17, 15) is 4.79 Å². The molecule has 0 saturated heterocycles. The summed E-state index contributed by atoms with van der Waals surface area (Å²) >= 11 is 1.54. The molecule has 3 rings (SSSR count). The summed E-state index contributed by atoms with van der Waals surface area (Å²) < 4.78 is 6.35. The Bertz CT molecular complexity index is 891. The maximum absolute atomic E-state index is 13.2. The van der Waals surface area contributed by atoms with Gasteiger partial charge in [-0.3, -0.25) is 9.69 Å². The topological polar surface area (TPSA) is 46.9 Å². The van der Waals surface area contributed by atoms with Crippen LogP contribution in [0.15, 0.2) is 48.5 Å². The number of thiazole rings is 1. The van der Waals surface area contributed by atoms with E-state index in [2.05, 4.69) is 13.8 Å². The molecule has 1 amide bonds. The van der Waals surface area contributed by atoms with Gasteiger partial charge in [0.05, 0.1) is 43.5 Å². The summed E-state index contributed by atoms with van der Waals surface area (Å²) in [5.41, 5.74) is 1.54. The van der Waals surface area contributed by atoms with E-state index in [0.29, 0.717) is 12.1 Å². The van der Waals surface area contributed by atoms with E-state index in [4.69, 9.17) is 9.72 Å². The molecule has 0 aliphatic rings. The molecule has 3 aromatic rings. The van der Waals surface area contributed by atoms with Gasteiger partial charge < -0.3 is 9.64 Å². The lowest BCUT2D eigenvalue weighted by atomic mass is 10.2. The second kappa shape index (κ2) is 8.97. The van der Waals surface area contributed by atoms with Crippen LogP contribution in [0.4, 0.5) is 5.13 Å². The Morgan fingerprint density at radius 3 is 2.56 bits per heavy atom. The number of methoxy groups -OCH3 is 1. The van der Waals surface area contributed by atoms with Crippen molar-refractivity contribution in [3.05, 3.63) is 54.1 Å². The number of nitrogens with one attached hydrogen (secondary N) is 1. The first-order chi connectivity index (χ1) is 13.2. The average Bonchev–Trinajstić information content (AvgIpc) is 3.14. The molecule has 1 N–H and O–H groups in total. The fourth-order valence-corrected chi connectivity index (χ4v) is 4.00. The minimum atomic E-state index is -0.00632. The van der Waals surface area contributed by atoms with Crippen LogP contribution in [0.3, 0.4) is 0 Å². The predicted molar refractivity (Wildman–Crippen MR) is 111 cm³/mol. The summed E-state index contributed by atoms with van der Waals surface area (Å²) in [6.07, 6.45) is 0. The summed E-state index contributed by atoms with van der Waals surface area (Å²) in [5.74, 6) is 0.765. The van der Waals surface area contributed by atoms with Gasteiger partial charge in [0.15, 0.2) is 5.13 Å². The highest BCUT2D eigenvalue weighted by molar-refractivity contribution is 7.22. The zero-order chi connectivity index (χ0) is 19.2. The van der Waals surface area contributed by atoms with Gasteiger partial charge in [-0.05, 0) is 38.1 Å². The summed E-state index contributed by atoms with van der Waals surface area (Å²) in [5, 5.41) is 0.735. The Balaban J connectivity index is 1.94. The van der Waals surface area contributed by atoms with Crippen LogP contribution in [0.2, 0.25) is 0 Å². The van der Waals surface area contributed by atoms with E-state index in [0.717, 1.165) is 40.7 Å². The monoisotopic (exact) mass is 384 g/mol. The number of ether oxygens (including phenoxy) is 1. The highest BCUT2D eigenvalue weighted by Crippen LogP contribution is 2.31. The van der Waals surface area contributed by atoms with Gasteiger partial charge in [-0.15, -0.1) is 0 Å². The van der Waals surface area contributed by atoms with Crippen LogP contribution in [0.25, 0.3) is 10.2 Å². The summed E-state index contributed by atoms with van der Waals surface area (Å²) in [6, 6.07) is 15.3. The molecule has 0 radical (unpaired) electrons. The van der Waals surface area contributed by atoms with Crippen molar-refractivity contribution in [3.8, 4) is 5.75 Å². The zero-order valence-corrected chi connectivity index (χ0v) is 16.9. The number of benzene rings is 2. The molecule has 0 aliphatic carbocycles. The molecule has 0 bridgehead atoms. The molecule has 0 fully saturated rings. The van der Waals surface area contributed by atoms with Crippen LogP contribution >= 0.6 is 11.3 Å². The van der Waals surface area contributed by atoms with E-state index < -0.39 is 0 Å². The first kappa shape index (κ1) is 19.3. The third-order valence-corrected chi connectivity index (χ3v) is 5.83. The van der Waals surface area contributed by atoms with Crippen molar-refractivity contribution >= 4 is 32.6 Å². The molecule has 0 aliphatic heterocycles. The number of aromatic nitrogens is 1. The van der Waals surface area contributed by atoms with Crippen molar-refractivity contribution in [2.45, 2.75) is 13.8 Å². The molecule has 1 heterocycles. The van der Waals surface area contributed by atoms with Crippen LogP contribution in [0.5, 0.6) is 5.75 Å². The Labute approximate surface area is 164 Å². The number of rotatable bonds is 8. The fourth-order valence-electron chi connectivity index (χ4n) is 3.03. The first-order valence-electron chi connectivity index (χ1n) is 9.31. The SMILES string of the molecule is CC[NH+](CC)CCN(C(=O)c1ccccc1)c1nc2cc(OC)ccc2s1. The van der Waals surface area contributed by atoms with Gasteiger partial charge in [-0.2, -0.15) is 0 Å². The van der Waals surface area contributed by atoms with Gasteiger partial charge in [-0.1, -0.05) is 29.5 Å². The normalized spacial score (nSPS) is 11.1. The average molecular weight is 385 g/mol. The molecule has 0 saturated carbocycles. The number of likely N-dealkylation sites (N-methyl/N-ethyl adjacent to an activating group) is 1. The predicted octanol–water partition coefficient (Wildman–Crippen LogP) is 2.88. The van der Waals surface area contributed by atoms with Gasteiger partial charge in [-0.25, -0.2) is 4.98 Å². The van der Waals surface area contributed by atoms with Crippen molar-refractivity contribution < 1.29 is 14.4 Å². The van der Waals surface area contributed by atoms with E-state index >= 15 is 0 Å². The van der Waals surface area contributed by atoms with Crippen LogP contribution in [-0.4, -0.2) is 44.2 Å². The van der Waals surface area contributed by atoms with Crippen molar-refractivity contribution in [2.75, 3.05) is 38.2 Å². The third-order valence-electron chi connectivity index (χ3n) is 4.77. The molecule has 142 valence electrons. The van der Waals surface area contributed by atoms with Gasteiger partial charge in [0.2, 0.25) is 0 Å². The maximum atomic E-state index is 13.2. The molecule has 27 heavy (non-hydrogen) atoms. The fraction of sp³-hybridized carbons (Fsp3) is 0.333. The van der Waals surface area contributed by atoms with Gasteiger partial charge in [0, 0.05) is 11.6 Å². The molecule has 5 nitrogen and oxygen atoms in total. The molecule has 2 aromatic carbocycles. The van der Waals surface area contributed by atoms with Crippen molar-refractivity contribution in [1.82, 2.24) is 4.98 Å². The lowest BCUT2D eigenvalue weighted by Crippen LogP contribution is -3.12. The molecule has 0 atom stereocenters. The van der Waals surface area contributed by atoms with Crippen LogP contribution in [0.1, 0.15) is 24.2 Å². The molecule has 6 heteroatoms. The van der Waals surface area contributed by atoms with Crippen LogP contribution < -0.4 is 14.5 Å². The first-order valence-corrected chi connectivity index (χ1v) is 10.1. The minimum Gasteiger partial charge on any atom is -0.497 e. The summed E-state index contributed by atoms with van der Waals surface area (Å²) in [7, 11) is 1.65. The summed E-state index contributed by atoms with van der Waals surface area (Å²) in [4.78, 5) is 21.2. The van der Waals surface area contributed by atoms with Gasteiger partial charge in [0.25, 0.3) is 5.91 Å². The van der Waals surface area contributed by atoms with Crippen molar-refractivity contribution in [2.24, 2.45) is 0 Å². The number of hydrogen-bond donors (Lipinski definition) is 1. The number of anilines is 1. The number of hydrogen-bond acceptors (Lipinski definition) is 4. The van der Waals surface area contributed by atoms with Crippen LogP contribution in [-0.2, 0) is 0 Å². The van der Waals surface area contributed by atoms with Crippen molar-refractivity contribution in [1.29, 1.82) is 0 Å². The Hall–Kier alpha value is -2.44. The molecular formula is C21H26N3O2S+. The molecule has 1 aromatic heterocycles. The number of carbonyl (C=O) groups is 1. The largest absolute Gasteiger partial charge is 0.497 e. The van der Waals surface area contributed by atoms with Crippen LogP contribution in [0, 0.1) is 0 Å². The molecular weight excluding hydrogens is 358 g/mol. The van der Waals surface area contributed by atoms with Gasteiger partial charge >= 0.3 is 0 Å². The number of nitrogens with zero attached hydrogens (tertiary/aromatic N) is 2. The van der Waals surface area contributed by atoms with Crippen molar-refractivity contribution in [3.63, 3.8) is 0 Å². The van der Waals surface area contributed by atoms with E-state index in [1.54, 1.807) is 18.4 Å². The highest BCUT2D eigenvalue weighted by atomic mass is 32.1. The highest BCUT2D eigenvalue weighted by Gasteiger charge is 2.22. The Morgan fingerprint density at radius 1 is 1.15 bits per heavy atom. The second-order valence-electron chi connectivity index (χ2n) is 6.36. The van der Waals surface area contributed by atoms with Gasteiger partial charge in [0.1, 0.15) is 5.75 Å². The lowest BCUT2D eigenvalue weighted by molar-refractivity contribution is -0.894. The summed E-state index contributed by atoms with van der Waals surface area (Å²) in [6.45, 7) is 7.96. The third kappa shape index (κ3) is 4.46. The van der Waals surface area contributed by atoms with E-state index in [-0.39, 0.29) is 5.91 Å². The minimum absolute atomic E-state index is 0.00632. The molecule has 0 spiro atoms. The number of amides is 1. The lowest BCUT2D eigenvalue weighted by Gasteiger charge is -2.23.